The van der Waals surface area contributed by atoms with E-state index in [1.165, 1.54) is 12.1 Å². The smallest absolute Gasteiger partial charge is 0.269 e. The molecule has 2 aliphatic rings. The van der Waals surface area contributed by atoms with Crippen LogP contribution in [-0.2, 0) is 4.74 Å². The molecule has 32 heavy (non-hydrogen) atoms. The maximum absolute atomic E-state index is 11.1. The maximum Gasteiger partial charge on any atom is 0.269 e. The second kappa shape index (κ2) is 8.68. The number of non-ortho nitro benzene ring substituents is 1. The molecule has 1 N–H and O–H groups in total. The summed E-state index contributed by atoms with van der Waals surface area (Å²) in [6.07, 6.45) is 5.98. The first-order valence-electron chi connectivity index (χ1n) is 10.6. The fraction of sp³-hybridized carbons (Fsp3) is 0.304. The van der Waals surface area contributed by atoms with Crippen LogP contribution >= 0.6 is 12.2 Å². The Hall–Kier alpha value is -3.30. The third-order valence-corrected chi connectivity index (χ3v) is 6.40. The van der Waals surface area contributed by atoms with Crippen LogP contribution in [-0.4, -0.2) is 43.7 Å². The van der Waals surface area contributed by atoms with E-state index in [-0.39, 0.29) is 28.8 Å². The summed E-state index contributed by atoms with van der Waals surface area (Å²) in [4.78, 5) is 17.5. The molecule has 8 nitrogen and oxygen atoms in total. The van der Waals surface area contributed by atoms with E-state index < -0.39 is 0 Å². The first-order chi connectivity index (χ1) is 15.6. The van der Waals surface area contributed by atoms with Crippen LogP contribution < -0.4 is 5.32 Å². The van der Waals surface area contributed by atoms with Crippen molar-refractivity contribution in [2.75, 3.05) is 13.2 Å². The summed E-state index contributed by atoms with van der Waals surface area (Å²) >= 11 is 5.76. The van der Waals surface area contributed by atoms with Gasteiger partial charge in [0.05, 0.1) is 28.8 Å². The van der Waals surface area contributed by atoms with Crippen LogP contribution in [0.25, 0.3) is 5.69 Å². The minimum absolute atomic E-state index is 0.0672. The first-order valence-corrected chi connectivity index (χ1v) is 11.0. The van der Waals surface area contributed by atoms with Crippen LogP contribution in [0.2, 0.25) is 0 Å². The number of benzene rings is 1. The lowest BCUT2D eigenvalue weighted by Crippen LogP contribution is -2.36. The lowest BCUT2D eigenvalue weighted by atomic mass is 10.0. The standard InChI is InChI=1S/C23H23N5O3S/c29-28(30)17-10-8-16(9-11-17)26-13-3-7-20(26)22-21(19-6-1-2-12-24-19)25-23(32)27(22)15-18-5-4-14-31-18/h1-3,6-13,18,21-22H,4-5,14-15H2,(H,25,32). The zero-order chi connectivity index (χ0) is 22.1. The van der Waals surface area contributed by atoms with Gasteiger partial charge in [-0.05, 0) is 61.5 Å². The van der Waals surface area contributed by atoms with E-state index >= 15 is 0 Å². The molecule has 2 fully saturated rings. The van der Waals surface area contributed by atoms with Crippen LogP contribution in [0, 0.1) is 10.1 Å². The number of nitro groups is 1. The Labute approximate surface area is 191 Å². The van der Waals surface area contributed by atoms with Crippen molar-refractivity contribution in [1.82, 2.24) is 19.8 Å². The molecule has 4 heterocycles. The Morgan fingerprint density at radius 1 is 1.19 bits per heavy atom. The second-order valence-electron chi connectivity index (χ2n) is 7.99. The normalized spacial score (nSPS) is 22.8. The van der Waals surface area contributed by atoms with Crippen molar-refractivity contribution >= 4 is 23.0 Å². The molecule has 9 heteroatoms. The molecule has 3 atom stereocenters. The van der Waals surface area contributed by atoms with Crippen molar-refractivity contribution in [3.63, 3.8) is 0 Å². The molecule has 2 aromatic heterocycles. The molecule has 0 aliphatic carbocycles. The van der Waals surface area contributed by atoms with Gasteiger partial charge < -0.3 is 19.5 Å². The molecule has 5 rings (SSSR count). The molecule has 0 spiro atoms. The van der Waals surface area contributed by atoms with Crippen molar-refractivity contribution in [3.8, 4) is 5.69 Å². The molecular weight excluding hydrogens is 426 g/mol. The van der Waals surface area contributed by atoms with Gasteiger partial charge in [0.15, 0.2) is 5.11 Å². The van der Waals surface area contributed by atoms with E-state index in [1.807, 2.05) is 30.5 Å². The van der Waals surface area contributed by atoms with E-state index in [1.54, 1.807) is 18.3 Å². The van der Waals surface area contributed by atoms with Crippen molar-refractivity contribution in [2.24, 2.45) is 0 Å². The summed E-state index contributed by atoms with van der Waals surface area (Å²) < 4.78 is 7.96. The third kappa shape index (κ3) is 3.85. The SMILES string of the molecule is O=[N+]([O-])c1ccc(-n2cccc2C2C(c3ccccn3)NC(=S)N2CC2CCCO2)cc1. The number of thiocarbonyl (C=S) groups is 1. The van der Waals surface area contributed by atoms with Gasteiger partial charge in [0.25, 0.3) is 5.69 Å². The van der Waals surface area contributed by atoms with Crippen molar-refractivity contribution in [1.29, 1.82) is 0 Å². The number of nitro benzene ring substituents is 1. The number of hydrogen-bond acceptors (Lipinski definition) is 5. The Bertz CT molecular complexity index is 1110. The Morgan fingerprint density at radius 3 is 2.72 bits per heavy atom. The number of nitrogens with zero attached hydrogens (tertiary/aromatic N) is 4. The fourth-order valence-electron chi connectivity index (χ4n) is 4.54. The van der Waals surface area contributed by atoms with Crippen molar-refractivity contribution in [3.05, 3.63) is 88.5 Å². The second-order valence-corrected chi connectivity index (χ2v) is 8.38. The highest BCUT2D eigenvalue weighted by Gasteiger charge is 2.42. The number of hydrogen-bond donors (Lipinski definition) is 1. The van der Waals surface area contributed by atoms with E-state index in [2.05, 4.69) is 25.8 Å². The van der Waals surface area contributed by atoms with Gasteiger partial charge >= 0.3 is 0 Å². The van der Waals surface area contributed by atoms with Crippen LogP contribution in [0.3, 0.4) is 0 Å². The molecule has 2 saturated heterocycles. The van der Waals surface area contributed by atoms with Gasteiger partial charge in [0.1, 0.15) is 0 Å². The summed E-state index contributed by atoms with van der Waals surface area (Å²) in [6, 6.07) is 16.3. The van der Waals surface area contributed by atoms with Crippen LogP contribution in [0.15, 0.2) is 67.0 Å². The van der Waals surface area contributed by atoms with E-state index in [0.717, 1.165) is 36.5 Å². The number of aromatic nitrogens is 2. The van der Waals surface area contributed by atoms with Crippen molar-refractivity contribution < 1.29 is 9.66 Å². The highest BCUT2D eigenvalue weighted by atomic mass is 32.1. The third-order valence-electron chi connectivity index (χ3n) is 6.04. The summed E-state index contributed by atoms with van der Waals surface area (Å²) in [5.41, 5.74) is 2.86. The number of nitrogens with one attached hydrogen (secondary N) is 1. The van der Waals surface area contributed by atoms with Gasteiger partial charge in [-0.2, -0.15) is 0 Å². The van der Waals surface area contributed by atoms with Crippen LogP contribution in [0.5, 0.6) is 0 Å². The summed E-state index contributed by atoms with van der Waals surface area (Å²) in [5, 5.41) is 15.2. The largest absolute Gasteiger partial charge is 0.376 e. The number of rotatable bonds is 6. The quantitative estimate of drug-likeness (QED) is 0.347. The molecule has 164 valence electrons. The summed E-state index contributed by atoms with van der Waals surface area (Å²) in [5.74, 6) is 0. The minimum atomic E-state index is -0.389. The first kappa shape index (κ1) is 20.6. The lowest BCUT2D eigenvalue weighted by molar-refractivity contribution is -0.384. The average molecular weight is 450 g/mol. The Balaban J connectivity index is 1.55. The zero-order valence-corrected chi connectivity index (χ0v) is 18.1. The van der Waals surface area contributed by atoms with E-state index in [9.17, 15) is 10.1 Å². The van der Waals surface area contributed by atoms with Crippen LogP contribution in [0.1, 0.15) is 36.3 Å². The molecule has 0 radical (unpaired) electrons. The number of pyridine rings is 1. The molecule has 0 saturated carbocycles. The van der Waals surface area contributed by atoms with Crippen LogP contribution in [0.4, 0.5) is 5.69 Å². The maximum atomic E-state index is 11.1. The van der Waals surface area contributed by atoms with Gasteiger partial charge in [-0.15, -0.1) is 0 Å². The Morgan fingerprint density at radius 2 is 2.03 bits per heavy atom. The monoisotopic (exact) mass is 449 g/mol. The number of ether oxygens (including phenoxy) is 1. The zero-order valence-electron chi connectivity index (χ0n) is 17.3. The van der Waals surface area contributed by atoms with E-state index in [0.29, 0.717) is 11.7 Å². The van der Waals surface area contributed by atoms with Crippen molar-refractivity contribution in [2.45, 2.75) is 31.0 Å². The predicted octanol–water partition coefficient (Wildman–Crippen LogP) is 3.93. The molecule has 3 unspecified atom stereocenters. The van der Waals surface area contributed by atoms with Gasteiger partial charge in [-0.3, -0.25) is 15.1 Å². The topological polar surface area (TPSA) is 85.5 Å². The molecule has 1 aromatic carbocycles. The minimum Gasteiger partial charge on any atom is -0.376 e. The van der Waals surface area contributed by atoms with Gasteiger partial charge in [0.2, 0.25) is 0 Å². The summed E-state index contributed by atoms with van der Waals surface area (Å²) in [7, 11) is 0. The highest BCUT2D eigenvalue weighted by molar-refractivity contribution is 7.80. The average Bonchev–Trinajstić information content (AvgIpc) is 3.56. The molecular formula is C23H23N5O3S. The predicted molar refractivity (Wildman–Crippen MR) is 124 cm³/mol. The van der Waals surface area contributed by atoms with Gasteiger partial charge in [0, 0.05) is 49.1 Å². The van der Waals surface area contributed by atoms with E-state index in [4.69, 9.17) is 17.0 Å². The van der Waals surface area contributed by atoms with Gasteiger partial charge in [-0.1, -0.05) is 6.07 Å². The Kier molecular flexibility index (Phi) is 5.59. The molecule has 0 amide bonds. The van der Waals surface area contributed by atoms with Gasteiger partial charge in [-0.25, -0.2) is 0 Å². The molecule has 0 bridgehead atoms. The lowest BCUT2D eigenvalue weighted by Gasteiger charge is -2.30. The highest BCUT2D eigenvalue weighted by Crippen LogP contribution is 2.40. The molecule has 3 aromatic rings. The summed E-state index contributed by atoms with van der Waals surface area (Å²) in [6.45, 7) is 1.48. The fourth-order valence-corrected chi connectivity index (χ4v) is 4.85. The molecule has 2 aliphatic heterocycles.